The van der Waals surface area contributed by atoms with Gasteiger partial charge in [-0.05, 0) is 66.9 Å². The minimum atomic E-state index is 0.578. The molecule has 0 atom stereocenters. The second-order valence-corrected chi connectivity index (χ2v) is 6.82. The second kappa shape index (κ2) is 7.95. The molecular formula is C23H20N6. The first-order chi connectivity index (χ1) is 14.2. The molecule has 4 rings (SSSR count). The molecule has 0 saturated heterocycles. The van der Waals surface area contributed by atoms with Crippen molar-refractivity contribution in [2.75, 3.05) is 5.32 Å². The molecule has 3 aromatic heterocycles. The van der Waals surface area contributed by atoms with Gasteiger partial charge in [-0.15, -0.1) is 0 Å². The Morgan fingerprint density at radius 3 is 2.69 bits per heavy atom. The lowest BCUT2D eigenvalue weighted by Crippen LogP contribution is -2.03. The molecule has 29 heavy (non-hydrogen) atoms. The lowest BCUT2D eigenvalue weighted by atomic mass is 9.99. The number of aromatic nitrogens is 4. The van der Waals surface area contributed by atoms with E-state index in [2.05, 4.69) is 31.6 Å². The van der Waals surface area contributed by atoms with Crippen molar-refractivity contribution in [1.29, 1.82) is 5.26 Å². The van der Waals surface area contributed by atoms with Crippen molar-refractivity contribution in [2.45, 2.75) is 20.4 Å². The molecule has 0 aliphatic rings. The summed E-state index contributed by atoms with van der Waals surface area (Å²) in [6.07, 6.45) is 3.55. The maximum absolute atomic E-state index is 9.06. The lowest BCUT2D eigenvalue weighted by molar-refractivity contribution is 0.969. The smallest absolute Gasteiger partial charge is 0.126 e. The van der Waals surface area contributed by atoms with Gasteiger partial charge in [0.05, 0.1) is 29.6 Å². The molecule has 0 aliphatic heterocycles. The van der Waals surface area contributed by atoms with Crippen LogP contribution in [0.2, 0.25) is 0 Å². The average Bonchev–Trinajstić information content (AvgIpc) is 3.13. The highest BCUT2D eigenvalue weighted by Gasteiger charge is 2.12. The lowest BCUT2D eigenvalue weighted by Gasteiger charge is -2.10. The minimum Gasteiger partial charge on any atom is -0.364 e. The molecule has 2 N–H and O–H groups in total. The van der Waals surface area contributed by atoms with Gasteiger partial charge in [0.25, 0.3) is 0 Å². The predicted molar refractivity (Wildman–Crippen MR) is 113 cm³/mol. The Morgan fingerprint density at radius 2 is 1.93 bits per heavy atom. The summed E-state index contributed by atoms with van der Waals surface area (Å²) in [6, 6.07) is 17.7. The molecule has 0 unspecified atom stereocenters. The highest BCUT2D eigenvalue weighted by molar-refractivity contribution is 5.70. The molecule has 0 aliphatic carbocycles. The summed E-state index contributed by atoms with van der Waals surface area (Å²) in [7, 11) is 0. The Kier molecular flexibility index (Phi) is 5.04. The van der Waals surface area contributed by atoms with Gasteiger partial charge in [0.2, 0.25) is 0 Å². The summed E-state index contributed by atoms with van der Waals surface area (Å²) >= 11 is 0. The van der Waals surface area contributed by atoms with Gasteiger partial charge in [-0.3, -0.25) is 10.1 Å². The molecule has 142 valence electrons. The Bertz CT molecular complexity index is 1190. The van der Waals surface area contributed by atoms with Crippen molar-refractivity contribution in [3.8, 4) is 28.6 Å². The number of anilines is 1. The number of hydrogen-bond acceptors (Lipinski definition) is 5. The maximum atomic E-state index is 9.06. The van der Waals surface area contributed by atoms with E-state index in [-0.39, 0.29) is 0 Å². The van der Waals surface area contributed by atoms with Gasteiger partial charge >= 0.3 is 0 Å². The number of hydrogen-bond donors (Lipinski definition) is 2. The van der Waals surface area contributed by atoms with E-state index in [9.17, 15) is 0 Å². The molecule has 0 fully saturated rings. The van der Waals surface area contributed by atoms with Crippen LogP contribution in [0.15, 0.2) is 60.9 Å². The van der Waals surface area contributed by atoms with Crippen LogP contribution in [0.3, 0.4) is 0 Å². The number of nitriles is 1. The number of aryl methyl sites for hydroxylation is 1. The SMILES string of the molecule is Cc1cc(C#N)ccc1-c1ccnc(NCc2[nH]nc(-c3ccccn3)c2C)c1. The van der Waals surface area contributed by atoms with Gasteiger partial charge in [-0.1, -0.05) is 12.1 Å². The van der Waals surface area contributed by atoms with Crippen molar-refractivity contribution < 1.29 is 0 Å². The highest BCUT2D eigenvalue weighted by atomic mass is 15.1. The molecular weight excluding hydrogens is 360 g/mol. The zero-order valence-corrected chi connectivity index (χ0v) is 16.3. The number of H-pyrrole nitrogens is 1. The molecule has 0 bridgehead atoms. The molecule has 0 saturated carbocycles. The Balaban J connectivity index is 1.53. The van der Waals surface area contributed by atoms with E-state index in [0.717, 1.165) is 45.2 Å². The Hall–Kier alpha value is -3.98. The van der Waals surface area contributed by atoms with Gasteiger partial charge in [0, 0.05) is 18.0 Å². The third-order valence-corrected chi connectivity index (χ3v) is 4.89. The molecule has 0 spiro atoms. The van der Waals surface area contributed by atoms with Crippen LogP contribution in [-0.2, 0) is 6.54 Å². The van der Waals surface area contributed by atoms with Crippen LogP contribution < -0.4 is 5.32 Å². The van der Waals surface area contributed by atoms with Crippen LogP contribution >= 0.6 is 0 Å². The number of benzene rings is 1. The van der Waals surface area contributed by atoms with Crippen molar-refractivity contribution in [3.63, 3.8) is 0 Å². The topological polar surface area (TPSA) is 90.3 Å². The average molecular weight is 380 g/mol. The van der Waals surface area contributed by atoms with Crippen molar-refractivity contribution in [3.05, 3.63) is 83.3 Å². The second-order valence-electron chi connectivity index (χ2n) is 6.82. The van der Waals surface area contributed by atoms with Gasteiger partial charge in [0.15, 0.2) is 0 Å². The molecule has 3 heterocycles. The summed E-state index contributed by atoms with van der Waals surface area (Å²) in [5.74, 6) is 0.777. The van der Waals surface area contributed by atoms with Crippen LogP contribution in [0, 0.1) is 25.2 Å². The fraction of sp³-hybridized carbons (Fsp3) is 0.130. The molecule has 6 nitrogen and oxygen atoms in total. The first-order valence-corrected chi connectivity index (χ1v) is 9.32. The molecule has 6 heteroatoms. The molecule has 0 amide bonds. The molecule has 0 radical (unpaired) electrons. The zero-order valence-electron chi connectivity index (χ0n) is 16.3. The third-order valence-electron chi connectivity index (χ3n) is 4.89. The van der Waals surface area contributed by atoms with E-state index >= 15 is 0 Å². The largest absolute Gasteiger partial charge is 0.364 e. The number of rotatable bonds is 5. The maximum Gasteiger partial charge on any atom is 0.126 e. The van der Waals surface area contributed by atoms with Crippen molar-refractivity contribution in [2.24, 2.45) is 0 Å². The zero-order chi connectivity index (χ0) is 20.2. The Labute approximate surface area is 169 Å². The summed E-state index contributed by atoms with van der Waals surface area (Å²) in [4.78, 5) is 8.80. The predicted octanol–water partition coefficient (Wildman–Crippen LogP) is 4.63. The van der Waals surface area contributed by atoms with E-state index in [1.807, 2.05) is 62.4 Å². The van der Waals surface area contributed by atoms with Crippen LogP contribution in [0.25, 0.3) is 22.5 Å². The van der Waals surface area contributed by atoms with Crippen LogP contribution in [0.1, 0.15) is 22.4 Å². The summed E-state index contributed by atoms with van der Waals surface area (Å²) in [5, 5.41) is 19.9. The fourth-order valence-electron chi connectivity index (χ4n) is 3.29. The standard InChI is InChI=1S/C23H20N6/c1-15-11-17(13-24)6-7-19(15)18-8-10-26-22(12-18)27-14-21-16(2)23(29-28-21)20-5-3-4-9-25-20/h3-12H,14H2,1-2H3,(H,26,27)(H,28,29). The molecule has 4 aromatic rings. The van der Waals surface area contributed by atoms with Crippen molar-refractivity contribution >= 4 is 5.82 Å². The minimum absolute atomic E-state index is 0.578. The van der Waals surface area contributed by atoms with Gasteiger partial charge in [0.1, 0.15) is 11.5 Å². The summed E-state index contributed by atoms with van der Waals surface area (Å²) in [5.41, 5.74) is 7.64. The quantitative estimate of drug-likeness (QED) is 0.527. The van der Waals surface area contributed by atoms with Gasteiger partial charge in [-0.25, -0.2) is 4.98 Å². The highest BCUT2D eigenvalue weighted by Crippen LogP contribution is 2.26. The normalized spacial score (nSPS) is 10.5. The van der Waals surface area contributed by atoms with Crippen molar-refractivity contribution in [1.82, 2.24) is 20.2 Å². The van der Waals surface area contributed by atoms with Crippen LogP contribution in [0.5, 0.6) is 0 Å². The Morgan fingerprint density at radius 1 is 1.03 bits per heavy atom. The number of nitrogens with zero attached hydrogens (tertiary/aromatic N) is 4. The van der Waals surface area contributed by atoms with Crippen LogP contribution in [0.4, 0.5) is 5.82 Å². The number of aromatic amines is 1. The summed E-state index contributed by atoms with van der Waals surface area (Å²) in [6.45, 7) is 4.62. The van der Waals surface area contributed by atoms with E-state index in [1.54, 1.807) is 12.4 Å². The first-order valence-electron chi connectivity index (χ1n) is 9.32. The number of nitrogens with one attached hydrogen (secondary N) is 2. The number of pyridine rings is 2. The van der Waals surface area contributed by atoms with E-state index in [1.165, 1.54) is 0 Å². The van der Waals surface area contributed by atoms with Gasteiger partial charge in [-0.2, -0.15) is 10.4 Å². The monoisotopic (exact) mass is 380 g/mol. The molecule has 1 aromatic carbocycles. The van der Waals surface area contributed by atoms with Crippen LogP contribution in [-0.4, -0.2) is 20.2 Å². The third kappa shape index (κ3) is 3.85. The first kappa shape index (κ1) is 18.4. The van der Waals surface area contributed by atoms with E-state index in [0.29, 0.717) is 12.1 Å². The van der Waals surface area contributed by atoms with E-state index < -0.39 is 0 Å². The summed E-state index contributed by atoms with van der Waals surface area (Å²) < 4.78 is 0. The van der Waals surface area contributed by atoms with E-state index in [4.69, 9.17) is 5.26 Å². The van der Waals surface area contributed by atoms with Gasteiger partial charge < -0.3 is 5.32 Å². The fourth-order valence-corrected chi connectivity index (χ4v) is 3.29.